The number of aliphatic imine (C=N–C) groups is 1. The molecule has 0 aromatic heterocycles. The Labute approximate surface area is 227 Å². The fourth-order valence-corrected chi connectivity index (χ4v) is 3.16. The first-order valence-electron chi connectivity index (χ1n) is 11.5. The number of hydrogen-bond acceptors (Lipinski definition) is 2. The number of anilines is 1. The van der Waals surface area contributed by atoms with Crippen LogP contribution in [0.25, 0.3) is 0 Å². The highest BCUT2D eigenvalue weighted by Gasteiger charge is 2.02. The van der Waals surface area contributed by atoms with Crippen molar-refractivity contribution >= 4 is 40.5 Å². The van der Waals surface area contributed by atoms with Crippen LogP contribution in [0.2, 0.25) is 5.02 Å². The lowest BCUT2D eigenvalue weighted by atomic mass is 10.1. The first-order valence-corrected chi connectivity index (χ1v) is 12.3. The molecule has 0 spiro atoms. The number of carbonyl (C=O) groups excluding carboxylic acids is 1. The summed E-state index contributed by atoms with van der Waals surface area (Å²) >= 11 is 11.8. The first kappa shape index (κ1) is 32.7. The fraction of sp³-hybridized carbons (Fsp3) is 0.226. The summed E-state index contributed by atoms with van der Waals surface area (Å²) in [6, 6.07) is 15.3. The summed E-state index contributed by atoms with van der Waals surface area (Å²) in [4.78, 5) is 15.9. The standard InChI is InChI=1S/C20H23ClN2O.C9H11Cl.C2H2/c1-6-7-20(14(2)8-9-15(3)21)23-17(5)22-19-12-10-18(11-13-19)16(4)24;1-2-5-8-6-3-4-7-9(8)10;1-2/h6-13H,1H2,2-5H3,(H,22,23);3-4,6-7H,2,5H2,1H3;1-2H/b14-8+,15-9+,20-7-;;. The van der Waals surface area contributed by atoms with Gasteiger partial charge in [0.25, 0.3) is 0 Å². The maximum absolute atomic E-state index is 11.3. The molecule has 0 fully saturated rings. The second-order valence-corrected chi connectivity index (χ2v) is 8.69. The topological polar surface area (TPSA) is 41.5 Å². The van der Waals surface area contributed by atoms with E-state index in [1.807, 2.05) is 69.3 Å². The molecule has 0 saturated carbocycles. The van der Waals surface area contributed by atoms with E-state index in [1.165, 1.54) is 5.56 Å². The Hall–Kier alpha value is -3.32. The molecule has 0 aliphatic rings. The highest BCUT2D eigenvalue weighted by Crippen LogP contribution is 2.16. The van der Waals surface area contributed by atoms with Crippen LogP contribution in [-0.4, -0.2) is 11.6 Å². The largest absolute Gasteiger partial charge is 0.344 e. The summed E-state index contributed by atoms with van der Waals surface area (Å²) < 4.78 is 0. The molecule has 2 aromatic carbocycles. The first-order chi connectivity index (χ1) is 17.2. The van der Waals surface area contributed by atoms with E-state index >= 15 is 0 Å². The number of allylic oxidation sites excluding steroid dienone is 6. The molecule has 36 heavy (non-hydrogen) atoms. The van der Waals surface area contributed by atoms with Crippen molar-refractivity contribution in [1.82, 2.24) is 0 Å². The van der Waals surface area contributed by atoms with Gasteiger partial charge in [-0.2, -0.15) is 0 Å². The van der Waals surface area contributed by atoms with Gasteiger partial charge in [0.15, 0.2) is 5.78 Å². The number of aryl methyl sites for hydroxylation is 1. The summed E-state index contributed by atoms with van der Waals surface area (Å²) in [5, 5.41) is 4.81. The molecule has 0 saturated heterocycles. The van der Waals surface area contributed by atoms with E-state index in [9.17, 15) is 4.79 Å². The van der Waals surface area contributed by atoms with Gasteiger partial charge in [-0.25, -0.2) is 4.99 Å². The zero-order valence-electron chi connectivity index (χ0n) is 21.8. The average molecular weight is 524 g/mol. The molecular formula is C31H36Cl2N2O. The van der Waals surface area contributed by atoms with Crippen LogP contribution >= 0.6 is 23.2 Å². The van der Waals surface area contributed by atoms with Crippen LogP contribution in [0.5, 0.6) is 0 Å². The van der Waals surface area contributed by atoms with Crippen LogP contribution in [0, 0.1) is 12.8 Å². The minimum Gasteiger partial charge on any atom is -0.344 e. The molecule has 3 nitrogen and oxygen atoms in total. The Bertz CT molecular complexity index is 1120. The number of halogens is 2. The number of nitrogens with one attached hydrogen (secondary N) is 1. The predicted octanol–water partition coefficient (Wildman–Crippen LogP) is 9.42. The van der Waals surface area contributed by atoms with E-state index < -0.39 is 0 Å². The monoisotopic (exact) mass is 522 g/mol. The molecule has 0 aliphatic heterocycles. The molecule has 0 aliphatic carbocycles. The van der Waals surface area contributed by atoms with Crippen molar-refractivity contribution in [3.63, 3.8) is 0 Å². The molecule has 0 amide bonds. The van der Waals surface area contributed by atoms with E-state index in [0.29, 0.717) is 10.6 Å². The van der Waals surface area contributed by atoms with Crippen molar-refractivity contribution in [2.75, 3.05) is 5.32 Å². The van der Waals surface area contributed by atoms with Gasteiger partial charge >= 0.3 is 0 Å². The van der Waals surface area contributed by atoms with Crippen LogP contribution in [0.4, 0.5) is 5.69 Å². The van der Waals surface area contributed by atoms with Gasteiger partial charge in [-0.05, 0) is 87.7 Å². The van der Waals surface area contributed by atoms with E-state index in [-0.39, 0.29) is 5.78 Å². The number of hydrogen-bond donors (Lipinski definition) is 1. The van der Waals surface area contributed by atoms with Gasteiger partial charge in [-0.1, -0.05) is 73.5 Å². The molecule has 190 valence electrons. The highest BCUT2D eigenvalue weighted by atomic mass is 35.5. The number of terminal acetylenes is 1. The van der Waals surface area contributed by atoms with Gasteiger partial charge in [0.1, 0.15) is 5.84 Å². The lowest BCUT2D eigenvalue weighted by Gasteiger charge is -2.08. The van der Waals surface area contributed by atoms with Crippen LogP contribution in [0.15, 0.2) is 101 Å². The van der Waals surface area contributed by atoms with Gasteiger partial charge in [-0.3, -0.25) is 4.79 Å². The summed E-state index contributed by atoms with van der Waals surface area (Å²) in [7, 11) is 0. The van der Waals surface area contributed by atoms with Crippen molar-refractivity contribution in [1.29, 1.82) is 0 Å². The number of rotatable bonds is 8. The molecule has 0 atom stereocenters. The maximum atomic E-state index is 11.3. The van der Waals surface area contributed by atoms with Crippen LogP contribution in [0.3, 0.4) is 0 Å². The second-order valence-electron chi connectivity index (χ2n) is 7.69. The Morgan fingerprint density at radius 2 is 1.61 bits per heavy atom. The number of benzene rings is 2. The number of ketones is 1. The number of amidine groups is 1. The molecule has 0 heterocycles. The quantitative estimate of drug-likeness (QED) is 0.123. The van der Waals surface area contributed by atoms with Crippen molar-refractivity contribution in [3.05, 3.63) is 112 Å². The van der Waals surface area contributed by atoms with Gasteiger partial charge in [0.2, 0.25) is 0 Å². The molecule has 0 bridgehead atoms. The van der Waals surface area contributed by atoms with Gasteiger partial charge in [-0.15, -0.1) is 12.8 Å². The Kier molecular flexibility index (Phi) is 17.2. The van der Waals surface area contributed by atoms with E-state index in [1.54, 1.807) is 25.1 Å². The fourth-order valence-electron chi connectivity index (χ4n) is 2.87. The van der Waals surface area contributed by atoms with Crippen molar-refractivity contribution in [2.24, 2.45) is 4.99 Å². The van der Waals surface area contributed by atoms with Crippen molar-refractivity contribution < 1.29 is 4.79 Å². The van der Waals surface area contributed by atoms with E-state index in [2.05, 4.69) is 42.7 Å². The van der Waals surface area contributed by atoms with Crippen LogP contribution < -0.4 is 5.32 Å². The Balaban J connectivity index is 0.000000845. The van der Waals surface area contributed by atoms with Crippen molar-refractivity contribution in [3.8, 4) is 12.8 Å². The molecule has 0 radical (unpaired) electrons. The smallest absolute Gasteiger partial charge is 0.159 e. The molecule has 0 unspecified atom stereocenters. The van der Waals surface area contributed by atoms with Gasteiger partial charge in [0, 0.05) is 21.3 Å². The third-order valence-electron chi connectivity index (χ3n) is 4.62. The summed E-state index contributed by atoms with van der Waals surface area (Å²) in [6.45, 7) is 13.1. The number of Topliss-reactive ketones (excluding diaryl/α,β-unsaturated/α-hetero) is 1. The van der Waals surface area contributed by atoms with Crippen LogP contribution in [0.1, 0.15) is 57.0 Å². The van der Waals surface area contributed by atoms with E-state index in [4.69, 9.17) is 23.2 Å². The maximum Gasteiger partial charge on any atom is 0.159 e. The predicted molar refractivity (Wildman–Crippen MR) is 160 cm³/mol. The second kappa shape index (κ2) is 18.9. The van der Waals surface area contributed by atoms with E-state index in [0.717, 1.165) is 40.7 Å². The Morgan fingerprint density at radius 1 is 1.00 bits per heavy atom. The molecule has 5 heteroatoms. The molecule has 2 aromatic rings. The average Bonchev–Trinajstić information content (AvgIpc) is 2.86. The minimum absolute atomic E-state index is 0.0477. The normalized spacial score (nSPS) is 11.9. The van der Waals surface area contributed by atoms with Gasteiger partial charge < -0.3 is 5.32 Å². The minimum atomic E-state index is 0.0477. The summed E-state index contributed by atoms with van der Waals surface area (Å²) in [5.41, 5.74) is 4.58. The zero-order valence-corrected chi connectivity index (χ0v) is 23.3. The molecule has 2 rings (SSSR count). The summed E-state index contributed by atoms with van der Waals surface area (Å²) in [5.74, 6) is 0.782. The number of nitrogens with zero attached hydrogens (tertiary/aromatic N) is 1. The lowest BCUT2D eigenvalue weighted by molar-refractivity contribution is 0.101. The Morgan fingerprint density at radius 3 is 2.11 bits per heavy atom. The zero-order chi connectivity index (χ0) is 27.5. The van der Waals surface area contributed by atoms with Gasteiger partial charge in [0.05, 0.1) is 5.70 Å². The number of carbonyl (C=O) groups is 1. The van der Waals surface area contributed by atoms with Crippen LogP contribution in [-0.2, 0) is 6.42 Å². The third-order valence-corrected chi connectivity index (χ3v) is 5.12. The molecular weight excluding hydrogens is 487 g/mol. The lowest BCUT2D eigenvalue weighted by Crippen LogP contribution is -2.08. The highest BCUT2D eigenvalue weighted by molar-refractivity contribution is 6.31. The SMILES string of the molecule is C#C.C=C/C=C(N=C(C)Nc1ccc(C(C)=O)cc1)/C(C)=C/C=C(\C)Cl.CCCc1ccccc1Cl. The third kappa shape index (κ3) is 13.5. The molecule has 1 N–H and O–H groups in total. The van der Waals surface area contributed by atoms with Crippen molar-refractivity contribution in [2.45, 2.75) is 47.5 Å². The summed E-state index contributed by atoms with van der Waals surface area (Å²) in [6.07, 6.45) is 17.5.